The number of hydrogen-bond donors (Lipinski definition) is 2. The van der Waals surface area contributed by atoms with Gasteiger partial charge in [-0.05, 0) is 54.2 Å². The van der Waals surface area contributed by atoms with Crippen molar-refractivity contribution in [3.05, 3.63) is 60.8 Å². The fourth-order valence-electron chi connectivity index (χ4n) is 3.13. The Morgan fingerprint density at radius 3 is 2.53 bits per heavy atom. The number of fused-ring (bicyclic) bond motifs is 1. The third-order valence-electron chi connectivity index (χ3n) is 4.75. The standard InChI is InChI=1S/C23H20F3N5O2S/c1-3-21(32)30-20-13-16(10-11-27-20)33-15-6-9-19-18(12-15)29-22(31(19)2)28-14-4-7-17(8-5-14)34-23(24,25)26/h4-13H,3H2,1-2H3,(H,28,29)(H,27,30,32). The Morgan fingerprint density at radius 2 is 1.82 bits per heavy atom. The summed E-state index contributed by atoms with van der Waals surface area (Å²) < 4.78 is 45.3. The average Bonchev–Trinajstić information content (AvgIpc) is 3.09. The van der Waals surface area contributed by atoms with Crippen molar-refractivity contribution < 1.29 is 22.7 Å². The zero-order valence-corrected chi connectivity index (χ0v) is 19.0. The molecule has 11 heteroatoms. The number of amides is 1. The van der Waals surface area contributed by atoms with Gasteiger partial charge in [-0.15, -0.1) is 0 Å². The van der Waals surface area contributed by atoms with Crippen molar-refractivity contribution in [2.24, 2.45) is 7.05 Å². The zero-order valence-electron chi connectivity index (χ0n) is 18.2. The van der Waals surface area contributed by atoms with E-state index in [0.29, 0.717) is 40.9 Å². The molecule has 0 spiro atoms. The molecule has 0 radical (unpaired) electrons. The monoisotopic (exact) mass is 487 g/mol. The van der Waals surface area contributed by atoms with Gasteiger partial charge in [0.1, 0.15) is 17.3 Å². The van der Waals surface area contributed by atoms with Crippen molar-refractivity contribution >= 4 is 46.2 Å². The SMILES string of the molecule is CCC(=O)Nc1cc(Oc2ccc3c(c2)nc(Nc2ccc(SC(F)(F)F)cc2)n3C)ccn1. The van der Waals surface area contributed by atoms with Crippen LogP contribution in [0.15, 0.2) is 65.7 Å². The third kappa shape index (κ3) is 5.79. The number of thioether (sulfide) groups is 1. The summed E-state index contributed by atoms with van der Waals surface area (Å²) >= 11 is -0.157. The summed E-state index contributed by atoms with van der Waals surface area (Å²) in [5.41, 5.74) is -2.21. The van der Waals surface area contributed by atoms with Gasteiger partial charge in [-0.1, -0.05) is 6.92 Å². The van der Waals surface area contributed by atoms with Crippen molar-refractivity contribution in [1.82, 2.24) is 14.5 Å². The molecule has 0 atom stereocenters. The second kappa shape index (κ2) is 9.64. The van der Waals surface area contributed by atoms with Crippen LogP contribution in [-0.2, 0) is 11.8 Å². The molecule has 7 nitrogen and oxygen atoms in total. The topological polar surface area (TPSA) is 81.1 Å². The van der Waals surface area contributed by atoms with E-state index in [-0.39, 0.29) is 22.6 Å². The molecule has 0 saturated carbocycles. The number of nitrogens with zero attached hydrogens (tertiary/aromatic N) is 3. The molecule has 0 unspecified atom stereocenters. The number of ether oxygens (including phenoxy) is 1. The lowest BCUT2D eigenvalue weighted by Crippen LogP contribution is -2.10. The van der Waals surface area contributed by atoms with E-state index in [0.717, 1.165) is 5.52 Å². The zero-order chi connectivity index (χ0) is 24.3. The Morgan fingerprint density at radius 1 is 1.09 bits per heavy atom. The summed E-state index contributed by atoms with van der Waals surface area (Å²) in [6.45, 7) is 1.75. The molecule has 34 heavy (non-hydrogen) atoms. The predicted octanol–water partition coefficient (Wildman–Crippen LogP) is 6.46. The van der Waals surface area contributed by atoms with Gasteiger partial charge in [0, 0.05) is 42.4 Å². The van der Waals surface area contributed by atoms with Crippen molar-refractivity contribution in [2.75, 3.05) is 10.6 Å². The Kier molecular flexibility index (Phi) is 6.64. The largest absolute Gasteiger partial charge is 0.457 e. The van der Waals surface area contributed by atoms with E-state index in [2.05, 4.69) is 20.6 Å². The maximum Gasteiger partial charge on any atom is 0.446 e. The average molecular weight is 488 g/mol. The van der Waals surface area contributed by atoms with Gasteiger partial charge in [-0.2, -0.15) is 13.2 Å². The number of aryl methyl sites for hydroxylation is 1. The van der Waals surface area contributed by atoms with Crippen LogP contribution in [0.4, 0.5) is 30.6 Å². The number of aromatic nitrogens is 3. The molecular weight excluding hydrogens is 467 g/mol. The van der Waals surface area contributed by atoms with E-state index in [9.17, 15) is 18.0 Å². The van der Waals surface area contributed by atoms with Gasteiger partial charge < -0.3 is 19.9 Å². The van der Waals surface area contributed by atoms with Crippen LogP contribution in [-0.4, -0.2) is 26.0 Å². The van der Waals surface area contributed by atoms with Crippen molar-refractivity contribution in [3.63, 3.8) is 0 Å². The predicted molar refractivity (Wildman–Crippen MR) is 126 cm³/mol. The van der Waals surface area contributed by atoms with E-state index >= 15 is 0 Å². The molecule has 0 aliphatic heterocycles. The first-order chi connectivity index (χ1) is 16.2. The summed E-state index contributed by atoms with van der Waals surface area (Å²) in [7, 11) is 1.83. The van der Waals surface area contributed by atoms with Crippen molar-refractivity contribution in [2.45, 2.75) is 23.7 Å². The van der Waals surface area contributed by atoms with Crippen LogP contribution >= 0.6 is 11.8 Å². The van der Waals surface area contributed by atoms with E-state index in [1.54, 1.807) is 49.5 Å². The van der Waals surface area contributed by atoms with Gasteiger partial charge in [0.25, 0.3) is 0 Å². The quantitative estimate of drug-likeness (QED) is 0.291. The number of nitrogens with one attached hydrogen (secondary N) is 2. The van der Waals surface area contributed by atoms with Gasteiger partial charge in [-0.25, -0.2) is 9.97 Å². The molecule has 4 rings (SSSR count). The van der Waals surface area contributed by atoms with Crippen LogP contribution in [0.2, 0.25) is 0 Å². The Bertz CT molecular complexity index is 1320. The highest BCUT2D eigenvalue weighted by Crippen LogP contribution is 2.37. The summed E-state index contributed by atoms with van der Waals surface area (Å²) in [6.07, 6.45) is 1.89. The highest BCUT2D eigenvalue weighted by atomic mass is 32.2. The maximum absolute atomic E-state index is 12.5. The summed E-state index contributed by atoms with van der Waals surface area (Å²) in [4.78, 5) is 20.4. The number of anilines is 3. The first-order valence-corrected chi connectivity index (χ1v) is 11.0. The van der Waals surface area contributed by atoms with Crippen molar-refractivity contribution in [3.8, 4) is 11.5 Å². The molecule has 176 valence electrons. The Hall–Kier alpha value is -3.73. The summed E-state index contributed by atoms with van der Waals surface area (Å²) in [5.74, 6) is 1.83. The summed E-state index contributed by atoms with van der Waals surface area (Å²) in [5, 5.41) is 5.81. The number of benzene rings is 2. The van der Waals surface area contributed by atoms with Gasteiger partial charge in [0.15, 0.2) is 0 Å². The molecule has 1 amide bonds. The third-order valence-corrected chi connectivity index (χ3v) is 5.49. The number of rotatable bonds is 7. The number of pyridine rings is 1. The number of carbonyl (C=O) groups excluding carboxylic acids is 1. The van der Waals surface area contributed by atoms with E-state index < -0.39 is 5.51 Å². The minimum absolute atomic E-state index is 0.110. The maximum atomic E-state index is 12.5. The van der Waals surface area contributed by atoms with E-state index in [4.69, 9.17) is 4.74 Å². The smallest absolute Gasteiger partial charge is 0.446 e. The van der Waals surface area contributed by atoms with Crippen LogP contribution in [0.1, 0.15) is 13.3 Å². The molecule has 0 aliphatic rings. The molecule has 0 saturated heterocycles. The second-order valence-electron chi connectivity index (χ2n) is 7.22. The van der Waals surface area contributed by atoms with Crippen LogP contribution in [0.3, 0.4) is 0 Å². The molecule has 0 bridgehead atoms. The first-order valence-electron chi connectivity index (χ1n) is 10.2. The fourth-order valence-corrected chi connectivity index (χ4v) is 3.67. The lowest BCUT2D eigenvalue weighted by Gasteiger charge is -2.09. The summed E-state index contributed by atoms with van der Waals surface area (Å²) in [6, 6.07) is 14.7. The van der Waals surface area contributed by atoms with Gasteiger partial charge in [0.05, 0.1) is 11.0 Å². The molecule has 2 aromatic heterocycles. The normalized spacial score (nSPS) is 11.4. The molecule has 4 aromatic rings. The van der Waals surface area contributed by atoms with Crippen LogP contribution in [0.5, 0.6) is 11.5 Å². The minimum Gasteiger partial charge on any atom is -0.457 e. The van der Waals surface area contributed by atoms with Crippen LogP contribution in [0, 0.1) is 0 Å². The fraction of sp³-hybridized carbons (Fsp3) is 0.174. The van der Waals surface area contributed by atoms with Crippen molar-refractivity contribution in [1.29, 1.82) is 0 Å². The van der Waals surface area contributed by atoms with Gasteiger partial charge in [0.2, 0.25) is 11.9 Å². The second-order valence-corrected chi connectivity index (χ2v) is 8.36. The molecular formula is C23H20F3N5O2S. The lowest BCUT2D eigenvalue weighted by molar-refractivity contribution is -0.115. The Balaban J connectivity index is 1.50. The van der Waals surface area contributed by atoms with Crippen LogP contribution in [0.25, 0.3) is 11.0 Å². The van der Waals surface area contributed by atoms with E-state index in [1.165, 1.54) is 12.1 Å². The molecule has 2 N–H and O–H groups in total. The highest BCUT2D eigenvalue weighted by molar-refractivity contribution is 8.00. The number of carbonyl (C=O) groups is 1. The van der Waals surface area contributed by atoms with Crippen LogP contribution < -0.4 is 15.4 Å². The first kappa shape index (κ1) is 23.4. The lowest BCUT2D eigenvalue weighted by atomic mass is 10.3. The molecule has 0 aliphatic carbocycles. The molecule has 2 aromatic carbocycles. The number of imidazole rings is 1. The minimum atomic E-state index is -4.33. The highest BCUT2D eigenvalue weighted by Gasteiger charge is 2.29. The number of hydrogen-bond acceptors (Lipinski definition) is 6. The number of alkyl halides is 3. The molecule has 0 fully saturated rings. The van der Waals surface area contributed by atoms with Gasteiger partial charge in [-0.3, -0.25) is 4.79 Å². The van der Waals surface area contributed by atoms with E-state index in [1.807, 2.05) is 17.7 Å². The Labute approximate surface area is 197 Å². The number of halogens is 3. The molecule has 2 heterocycles. The van der Waals surface area contributed by atoms with Gasteiger partial charge >= 0.3 is 5.51 Å².